The van der Waals surface area contributed by atoms with E-state index in [-0.39, 0.29) is 11.8 Å². The fourth-order valence-electron chi connectivity index (χ4n) is 9.19. The molecule has 5 heteroatoms. The highest BCUT2D eigenvalue weighted by Gasteiger charge is 2.41. The molecule has 4 unspecified atom stereocenters. The lowest BCUT2D eigenvalue weighted by molar-refractivity contribution is 0.996. The van der Waals surface area contributed by atoms with E-state index in [0.717, 1.165) is 0 Å². The summed E-state index contributed by atoms with van der Waals surface area (Å²) in [6.45, 7) is 22.2. The number of benzene rings is 4. The summed E-state index contributed by atoms with van der Waals surface area (Å²) < 4.78 is 0. The van der Waals surface area contributed by atoms with E-state index in [9.17, 15) is 0 Å². The van der Waals surface area contributed by atoms with Crippen molar-refractivity contribution in [2.24, 2.45) is 0 Å². The molecule has 0 N–H and O–H groups in total. The highest BCUT2D eigenvalue weighted by molar-refractivity contribution is 8.29. The number of hydrogen-bond donors (Lipinski definition) is 0. The molecule has 1 radical (unpaired) electrons. The van der Waals surface area contributed by atoms with Gasteiger partial charge in [-0.3, -0.25) is 0 Å². The fourth-order valence-corrected chi connectivity index (χ4v) is 19.9. The van der Waals surface area contributed by atoms with Crippen LogP contribution in [0.15, 0.2) is 177 Å². The first-order valence-electron chi connectivity index (χ1n) is 19.6. The van der Waals surface area contributed by atoms with E-state index < -0.39 is 23.2 Å². The molecule has 4 aliphatic carbocycles. The molecule has 4 aliphatic rings. The first-order chi connectivity index (χ1) is 25.8. The van der Waals surface area contributed by atoms with Gasteiger partial charge in [-0.15, -0.1) is 0 Å². The van der Waals surface area contributed by atoms with Crippen molar-refractivity contribution >= 4 is 67.2 Å². The first-order valence-corrected chi connectivity index (χ1v) is 31.8. The molecule has 0 aromatic heterocycles. The molecule has 4 aromatic rings. The molecule has 0 heterocycles. The molecule has 0 spiro atoms. The second kappa shape index (κ2) is 14.6. The van der Waals surface area contributed by atoms with Crippen LogP contribution in [0.3, 0.4) is 0 Å². The normalized spacial score (nSPS) is 22.6. The molecule has 0 fully saturated rings. The summed E-state index contributed by atoms with van der Waals surface area (Å²) in [4.78, 5) is 2.88. The Kier molecular flexibility index (Phi) is 10.2. The summed E-state index contributed by atoms with van der Waals surface area (Å²) in [6.07, 6.45) is 24.2. The van der Waals surface area contributed by atoms with Crippen molar-refractivity contribution in [2.75, 3.05) is 0 Å². The maximum atomic E-state index is 2.63. The van der Waals surface area contributed by atoms with Crippen LogP contribution in [0.2, 0.25) is 56.9 Å². The average Bonchev–Trinajstić information content (AvgIpc) is 3.41. The molecule has 54 heavy (non-hydrogen) atoms. The van der Waals surface area contributed by atoms with Crippen molar-refractivity contribution < 1.29 is 0 Å². The lowest BCUT2D eigenvalue weighted by atomic mass is 9.88. The van der Waals surface area contributed by atoms with Gasteiger partial charge in [0.2, 0.25) is 0 Å². The van der Waals surface area contributed by atoms with E-state index in [1.807, 2.05) is 0 Å². The molecule has 4 atom stereocenters. The maximum Gasteiger partial charge on any atom is 0.114 e. The summed E-state index contributed by atoms with van der Waals surface area (Å²) in [7, 11) is -3.77. The van der Waals surface area contributed by atoms with Gasteiger partial charge in [-0.05, 0) is 92.0 Å². The van der Waals surface area contributed by atoms with Crippen LogP contribution < -0.4 is 0 Å². The average molecular weight is 790 g/mol. The zero-order chi connectivity index (χ0) is 37.9. The van der Waals surface area contributed by atoms with Gasteiger partial charge in [0.15, 0.2) is 0 Å². The summed E-state index contributed by atoms with van der Waals surface area (Å²) in [6, 6.07) is 28.0. The molecule has 4 aromatic carbocycles. The van der Waals surface area contributed by atoms with Gasteiger partial charge in [-0.1, -0.05) is 178 Å². The molecular weight excluding hydrogens is 737 g/mol. The highest BCUT2D eigenvalue weighted by Crippen LogP contribution is 2.54. The minimum atomic E-state index is -1.41. The van der Waals surface area contributed by atoms with Crippen LogP contribution in [0.5, 0.6) is 0 Å². The van der Waals surface area contributed by atoms with E-state index in [1.54, 1.807) is 11.1 Å². The number of rotatable bonds is 8. The number of allylic oxidation sites excluding steroid dienone is 16. The van der Waals surface area contributed by atoms with Gasteiger partial charge in [0.05, 0.1) is 8.80 Å². The van der Waals surface area contributed by atoms with Crippen LogP contribution in [0, 0.1) is 0 Å². The molecule has 0 saturated heterocycles. The third kappa shape index (κ3) is 7.35. The molecular formula is C49H53S2Si3. The second-order valence-electron chi connectivity index (χ2n) is 17.6. The van der Waals surface area contributed by atoms with Gasteiger partial charge in [0.1, 0.15) is 14.4 Å². The van der Waals surface area contributed by atoms with E-state index in [2.05, 4.69) is 216 Å². The van der Waals surface area contributed by atoms with Crippen molar-refractivity contribution in [1.82, 2.24) is 0 Å². The van der Waals surface area contributed by atoms with Gasteiger partial charge in [-0.2, -0.15) is 22.4 Å². The van der Waals surface area contributed by atoms with Crippen LogP contribution in [0.25, 0.3) is 21.5 Å². The molecule has 0 amide bonds. The standard InChI is InChI=1S/C49H53S2Si3/c1-32-26-44-38(36-28-34-18-10-12-22-40(34)46(30-36)50-53(4,5)6)20-14-16-24-42(44)48(32)52(3)49-33(2)27-45-39(21-15-17-25-43(45)49)37-29-35-19-11-13-23-41(35)47(31-37)51-54(7,8)9/h10-31,38-39,48-49H,1-9H3. The largest absolute Gasteiger partial charge is 0.151 e. The predicted molar refractivity (Wildman–Crippen MR) is 249 cm³/mol. The third-order valence-corrected chi connectivity index (χ3v) is 21.9. The van der Waals surface area contributed by atoms with Crippen molar-refractivity contribution in [2.45, 2.75) is 92.4 Å². The van der Waals surface area contributed by atoms with Crippen molar-refractivity contribution in [1.29, 1.82) is 0 Å². The zero-order valence-electron chi connectivity index (χ0n) is 33.3. The summed E-state index contributed by atoms with van der Waals surface area (Å²) in [5.41, 5.74) is 12.9. The topological polar surface area (TPSA) is 0 Å². The van der Waals surface area contributed by atoms with E-state index >= 15 is 0 Å². The molecule has 0 bridgehead atoms. The Labute approximate surface area is 335 Å². The van der Waals surface area contributed by atoms with Crippen LogP contribution >= 0.6 is 22.4 Å². The Morgan fingerprint density at radius 1 is 0.519 bits per heavy atom. The van der Waals surface area contributed by atoms with Crippen LogP contribution in [0.1, 0.15) is 36.8 Å². The Balaban J connectivity index is 1.17. The lowest BCUT2D eigenvalue weighted by Gasteiger charge is -2.30. The Morgan fingerprint density at radius 2 is 0.926 bits per heavy atom. The van der Waals surface area contributed by atoms with Gasteiger partial charge in [-0.25, -0.2) is 0 Å². The summed E-state index contributed by atoms with van der Waals surface area (Å²) in [5.74, 6) is 0.487. The fraction of sp³-hybridized carbons (Fsp3) is 0.265. The van der Waals surface area contributed by atoms with Gasteiger partial charge < -0.3 is 0 Å². The molecule has 273 valence electrons. The molecule has 8 rings (SSSR count). The van der Waals surface area contributed by atoms with Crippen LogP contribution in [-0.4, -0.2) is 23.2 Å². The van der Waals surface area contributed by atoms with E-state index in [1.165, 1.54) is 64.8 Å². The Hall–Kier alpha value is -3.33. The Bertz CT molecular complexity index is 2250. The van der Waals surface area contributed by atoms with Gasteiger partial charge in [0, 0.05) is 21.6 Å². The van der Waals surface area contributed by atoms with Gasteiger partial charge in [0.25, 0.3) is 0 Å². The lowest BCUT2D eigenvalue weighted by Crippen LogP contribution is -2.25. The molecule has 0 saturated carbocycles. The van der Waals surface area contributed by atoms with Crippen LogP contribution in [0.4, 0.5) is 0 Å². The number of hydrogen-bond acceptors (Lipinski definition) is 2. The second-order valence-corrected chi connectivity index (χ2v) is 38.5. The summed E-state index contributed by atoms with van der Waals surface area (Å²) >= 11 is 4.25. The quantitative estimate of drug-likeness (QED) is 0.163. The first kappa shape index (κ1) is 37.6. The Morgan fingerprint density at radius 3 is 1.33 bits per heavy atom. The maximum absolute atomic E-state index is 2.63. The monoisotopic (exact) mass is 789 g/mol. The SMILES string of the molecule is CC1=CC2=C(C=CC=CC2c2cc(S[Si](C)(C)C)c3ccccc3c2)C1[Si](C)C1C(C)=CC2=C1C=CC=CC2c1cc(S[Si](C)(C)C)c2ccccc2c1. The van der Waals surface area contributed by atoms with Crippen LogP contribution in [-0.2, 0) is 0 Å². The molecule has 0 aliphatic heterocycles. The van der Waals surface area contributed by atoms with Gasteiger partial charge >= 0.3 is 0 Å². The summed E-state index contributed by atoms with van der Waals surface area (Å²) in [5, 5.41) is 5.48. The third-order valence-electron chi connectivity index (χ3n) is 11.2. The van der Waals surface area contributed by atoms with E-state index in [4.69, 9.17) is 0 Å². The predicted octanol–water partition coefficient (Wildman–Crippen LogP) is 15.3. The highest BCUT2D eigenvalue weighted by atomic mass is 32.4. The van der Waals surface area contributed by atoms with Crippen molar-refractivity contribution in [3.8, 4) is 0 Å². The van der Waals surface area contributed by atoms with Crippen molar-refractivity contribution in [3.05, 3.63) is 178 Å². The molecule has 0 nitrogen and oxygen atoms in total. The minimum absolute atomic E-state index is 0.243. The van der Waals surface area contributed by atoms with E-state index in [0.29, 0.717) is 11.1 Å². The minimum Gasteiger partial charge on any atom is -0.151 e. The zero-order valence-corrected chi connectivity index (χ0v) is 38.0. The number of fused-ring (bicyclic) bond motifs is 2. The van der Waals surface area contributed by atoms with Crippen molar-refractivity contribution in [3.63, 3.8) is 0 Å². The smallest absolute Gasteiger partial charge is 0.114 e.